The van der Waals surface area contributed by atoms with E-state index < -0.39 is 8.32 Å². The first-order valence-electron chi connectivity index (χ1n) is 6.04. The number of rotatable bonds is 4. The lowest BCUT2D eigenvalue weighted by Gasteiger charge is -2.31. The summed E-state index contributed by atoms with van der Waals surface area (Å²) in [6.07, 6.45) is 0. The highest BCUT2D eigenvalue weighted by atomic mass is 28.4. The Morgan fingerprint density at radius 2 is 1.33 bits per heavy atom. The van der Waals surface area contributed by atoms with Gasteiger partial charge in [-0.3, -0.25) is 0 Å². The molecule has 1 nitrogen and oxygen atoms in total. The van der Waals surface area contributed by atoms with E-state index in [-0.39, 0.29) is 0 Å². The van der Waals surface area contributed by atoms with Gasteiger partial charge >= 0.3 is 0 Å². The van der Waals surface area contributed by atoms with Crippen LogP contribution < -0.4 is 10.4 Å². The van der Waals surface area contributed by atoms with Crippen LogP contribution in [0.25, 0.3) is 0 Å². The van der Waals surface area contributed by atoms with Gasteiger partial charge in [-0.15, -0.1) is 6.58 Å². The smallest absolute Gasteiger partial charge is 0.272 e. The summed E-state index contributed by atoms with van der Waals surface area (Å²) in [5, 5.41) is 3.70. The molecule has 0 saturated heterocycles. The topological polar surface area (TPSA) is 9.23 Å². The molecule has 0 unspecified atom stereocenters. The number of allylic oxidation sites excluding steroid dienone is 1. The minimum absolute atomic E-state index is 0.714. The first-order valence-corrected chi connectivity index (χ1v) is 8.76. The quantitative estimate of drug-likeness (QED) is 0.758. The molecule has 0 amide bonds. The second-order valence-electron chi connectivity index (χ2n) is 4.40. The minimum Gasteiger partial charge on any atom is -0.454 e. The number of hydrogen-bond donors (Lipinski definition) is 0. The maximum absolute atomic E-state index is 6.15. The third-order valence-corrected chi connectivity index (χ3v) is 9.21. The molecule has 2 rings (SSSR count). The zero-order valence-corrected chi connectivity index (χ0v) is 13.9. The summed E-state index contributed by atoms with van der Waals surface area (Å²) in [4.78, 5) is 0. The van der Waals surface area contributed by atoms with Crippen molar-refractivity contribution in [2.45, 2.75) is 6.92 Å². The molecule has 0 bridgehead atoms. The van der Waals surface area contributed by atoms with Gasteiger partial charge in [0, 0.05) is 0 Å². The van der Waals surface area contributed by atoms with Crippen molar-refractivity contribution >= 4 is 29.2 Å². The van der Waals surface area contributed by atoms with Crippen LogP contribution in [0.3, 0.4) is 0 Å². The zero-order valence-electron chi connectivity index (χ0n) is 10.9. The van der Waals surface area contributed by atoms with E-state index >= 15 is 0 Å². The lowest BCUT2D eigenvalue weighted by atomic mass is 10.4. The molecule has 0 spiro atoms. The summed E-state index contributed by atoms with van der Waals surface area (Å²) < 4.78 is 6.15. The van der Waals surface area contributed by atoms with Crippen LogP contribution in [0.15, 0.2) is 72.4 Å². The maximum atomic E-state index is 6.15. The van der Waals surface area contributed by atoms with E-state index in [9.17, 15) is 0 Å². The second kappa shape index (κ2) is 5.48. The van der Waals surface area contributed by atoms with E-state index in [2.05, 4.69) is 62.0 Å². The molecule has 18 heavy (non-hydrogen) atoms. The van der Waals surface area contributed by atoms with Crippen molar-refractivity contribution in [3.8, 4) is 0 Å². The molecular formula is C15H18OSi2. The van der Waals surface area contributed by atoms with Gasteiger partial charge in [0.05, 0.1) is 0 Å². The summed E-state index contributed by atoms with van der Waals surface area (Å²) in [5.74, 6) is 0. The average Bonchev–Trinajstić information content (AvgIpc) is 2.42. The van der Waals surface area contributed by atoms with Gasteiger partial charge in [0.2, 0.25) is 0 Å². The van der Waals surface area contributed by atoms with Gasteiger partial charge < -0.3 is 4.12 Å². The van der Waals surface area contributed by atoms with Crippen LogP contribution in [0.1, 0.15) is 6.92 Å². The molecule has 2 aromatic rings. The van der Waals surface area contributed by atoms with Crippen molar-refractivity contribution < 1.29 is 4.12 Å². The molecule has 0 radical (unpaired) electrons. The molecule has 2 aromatic carbocycles. The molecular weight excluding hydrogens is 252 g/mol. The predicted octanol–water partition coefficient (Wildman–Crippen LogP) is 1.16. The van der Waals surface area contributed by atoms with Gasteiger partial charge in [0.15, 0.2) is 0 Å². The fourth-order valence-electron chi connectivity index (χ4n) is 2.42. The highest BCUT2D eigenvalue weighted by Crippen LogP contribution is 2.14. The molecule has 0 atom stereocenters. The molecule has 0 aliphatic rings. The largest absolute Gasteiger partial charge is 0.454 e. The van der Waals surface area contributed by atoms with Crippen molar-refractivity contribution in [2.75, 3.05) is 0 Å². The SMILES string of the molecule is C=C(C)[Si](O[SiH3])(c1ccccc1)c1ccccc1. The van der Waals surface area contributed by atoms with E-state index in [0.29, 0.717) is 10.5 Å². The lowest BCUT2D eigenvalue weighted by molar-refractivity contribution is 0.637. The Morgan fingerprint density at radius 1 is 0.944 bits per heavy atom. The summed E-state index contributed by atoms with van der Waals surface area (Å²) in [6, 6.07) is 21.0. The number of benzene rings is 2. The Labute approximate surface area is 113 Å². The molecule has 3 heteroatoms. The molecule has 0 saturated carbocycles. The number of hydrogen-bond acceptors (Lipinski definition) is 1. The molecule has 92 valence electrons. The van der Waals surface area contributed by atoms with Gasteiger partial charge in [-0.1, -0.05) is 65.9 Å². The van der Waals surface area contributed by atoms with Crippen molar-refractivity contribution in [3.63, 3.8) is 0 Å². The molecule has 0 aliphatic carbocycles. The minimum atomic E-state index is -2.23. The first-order chi connectivity index (χ1) is 8.71. The molecule has 0 fully saturated rings. The Bertz CT molecular complexity index is 483. The Hall–Kier alpha value is -1.43. The fourth-order valence-corrected chi connectivity index (χ4v) is 8.34. The molecule has 0 N–H and O–H groups in total. The average molecular weight is 270 g/mol. The highest BCUT2D eigenvalue weighted by molar-refractivity contribution is 7.03. The molecule has 0 heterocycles. The third kappa shape index (κ3) is 2.12. The monoisotopic (exact) mass is 270 g/mol. The van der Waals surface area contributed by atoms with Gasteiger partial charge in [-0.2, -0.15) is 0 Å². The van der Waals surface area contributed by atoms with Gasteiger partial charge in [0.1, 0.15) is 10.5 Å². The normalized spacial score (nSPS) is 11.4. The van der Waals surface area contributed by atoms with Crippen LogP contribution >= 0.6 is 0 Å². The standard InChI is InChI=1S/C15H18OSi2/c1-13(2)18(16-17,14-9-5-3-6-10-14)15-11-7-4-8-12-15/h3-12H,1H2,2,17H3. The van der Waals surface area contributed by atoms with Crippen LogP contribution in [-0.4, -0.2) is 18.8 Å². The van der Waals surface area contributed by atoms with Crippen molar-refractivity contribution in [1.82, 2.24) is 0 Å². The Kier molecular flexibility index (Phi) is 3.96. The first kappa shape index (κ1) is 13.0. The van der Waals surface area contributed by atoms with Crippen LogP contribution in [0, 0.1) is 0 Å². The second-order valence-corrected chi connectivity index (χ2v) is 9.40. The van der Waals surface area contributed by atoms with E-state index in [1.807, 2.05) is 12.1 Å². The van der Waals surface area contributed by atoms with Crippen molar-refractivity contribution in [2.24, 2.45) is 0 Å². The Morgan fingerprint density at radius 3 is 1.61 bits per heavy atom. The van der Waals surface area contributed by atoms with Gasteiger partial charge in [-0.25, -0.2) is 0 Å². The van der Waals surface area contributed by atoms with Gasteiger partial charge in [0.25, 0.3) is 8.32 Å². The lowest BCUT2D eigenvalue weighted by Crippen LogP contribution is -2.61. The molecule has 0 aliphatic heterocycles. The van der Waals surface area contributed by atoms with Gasteiger partial charge in [-0.05, 0) is 17.3 Å². The van der Waals surface area contributed by atoms with E-state index in [4.69, 9.17) is 4.12 Å². The summed E-state index contributed by atoms with van der Waals surface area (Å²) in [6.45, 7) is 6.30. The van der Waals surface area contributed by atoms with Crippen molar-refractivity contribution in [3.05, 3.63) is 72.4 Å². The van der Waals surface area contributed by atoms with Crippen LogP contribution in [0.4, 0.5) is 0 Å². The summed E-state index contributed by atoms with van der Waals surface area (Å²) in [5.41, 5.74) is 0. The van der Waals surface area contributed by atoms with Crippen LogP contribution in [-0.2, 0) is 4.12 Å². The fraction of sp³-hybridized carbons (Fsp3) is 0.0667. The predicted molar refractivity (Wildman–Crippen MR) is 83.7 cm³/mol. The summed E-state index contributed by atoms with van der Waals surface area (Å²) in [7, 11) is -1.52. The van der Waals surface area contributed by atoms with Crippen LogP contribution in [0.5, 0.6) is 0 Å². The maximum Gasteiger partial charge on any atom is 0.272 e. The highest BCUT2D eigenvalue weighted by Gasteiger charge is 2.38. The van der Waals surface area contributed by atoms with E-state index in [0.717, 1.165) is 5.20 Å². The van der Waals surface area contributed by atoms with E-state index in [1.165, 1.54) is 10.4 Å². The Balaban J connectivity index is 2.65. The van der Waals surface area contributed by atoms with Crippen molar-refractivity contribution in [1.29, 1.82) is 0 Å². The third-order valence-electron chi connectivity index (χ3n) is 3.27. The zero-order chi connectivity index (χ0) is 13.0. The summed E-state index contributed by atoms with van der Waals surface area (Å²) >= 11 is 0. The molecule has 0 aromatic heterocycles. The van der Waals surface area contributed by atoms with Crippen LogP contribution in [0.2, 0.25) is 0 Å². The van der Waals surface area contributed by atoms with E-state index in [1.54, 1.807) is 0 Å².